The van der Waals surface area contributed by atoms with Gasteiger partial charge >= 0.3 is 6.09 Å². The molecule has 1 aliphatic carbocycles. The maximum Gasteiger partial charge on any atom is 0.415 e. The average molecular weight is 551 g/mol. The predicted octanol–water partition coefficient (Wildman–Crippen LogP) is 2.16. The van der Waals surface area contributed by atoms with Crippen molar-refractivity contribution >= 4 is 23.6 Å². The van der Waals surface area contributed by atoms with E-state index in [-0.39, 0.29) is 45.6 Å². The number of nitriles is 1. The molecule has 1 fully saturated rings. The molecule has 4 heterocycles. The van der Waals surface area contributed by atoms with Crippen molar-refractivity contribution in [1.29, 1.82) is 5.26 Å². The van der Waals surface area contributed by atoms with Crippen molar-refractivity contribution in [1.82, 2.24) is 25.4 Å². The number of ether oxygens (including phenoxy) is 3. The first-order valence-corrected chi connectivity index (χ1v) is 12.9. The summed E-state index contributed by atoms with van der Waals surface area (Å²) < 4.78 is 21.6. The maximum absolute atomic E-state index is 12.4. The van der Waals surface area contributed by atoms with Gasteiger partial charge in [-0.15, -0.1) is 0 Å². The Hall–Kier alpha value is -4.77. The van der Waals surface area contributed by atoms with Crippen LogP contribution in [0, 0.1) is 24.2 Å². The lowest BCUT2D eigenvalue weighted by Crippen LogP contribution is -2.30. The third-order valence-electron chi connectivity index (χ3n) is 6.92. The molecule has 2 N–H and O–H groups in total. The minimum absolute atomic E-state index is 0. The van der Waals surface area contributed by atoms with E-state index < -0.39 is 6.09 Å². The monoisotopic (exact) mass is 550 g/mol. The minimum Gasteiger partial charge on any atom is -0.484 e. The van der Waals surface area contributed by atoms with E-state index in [9.17, 15) is 14.9 Å². The van der Waals surface area contributed by atoms with E-state index in [1.807, 2.05) is 6.07 Å². The van der Waals surface area contributed by atoms with Crippen molar-refractivity contribution in [3.63, 3.8) is 0 Å². The molecule has 3 aromatic rings. The van der Waals surface area contributed by atoms with Crippen molar-refractivity contribution in [3.05, 3.63) is 46.7 Å². The smallest absolute Gasteiger partial charge is 0.415 e. The van der Waals surface area contributed by atoms with Crippen molar-refractivity contribution in [2.24, 2.45) is 5.92 Å². The second-order valence-corrected chi connectivity index (χ2v) is 9.85. The van der Waals surface area contributed by atoms with Gasteiger partial charge in [0.2, 0.25) is 0 Å². The first-order valence-electron chi connectivity index (χ1n) is 12.9. The first-order chi connectivity index (χ1) is 19.4. The zero-order valence-electron chi connectivity index (χ0n) is 21.7. The van der Waals surface area contributed by atoms with Crippen LogP contribution >= 0.6 is 0 Å². The lowest BCUT2D eigenvalue weighted by atomic mass is 10.0. The molecular weight excluding hydrogens is 520 g/mol. The third-order valence-corrected chi connectivity index (χ3v) is 6.92. The Morgan fingerprint density at radius 2 is 2.20 bits per heavy atom. The van der Waals surface area contributed by atoms with Crippen LogP contribution in [-0.4, -0.2) is 64.5 Å². The Bertz CT molecular complexity index is 1510. The van der Waals surface area contributed by atoms with Crippen LogP contribution in [-0.2, 0) is 29.0 Å². The van der Waals surface area contributed by atoms with Gasteiger partial charge < -0.3 is 29.4 Å². The summed E-state index contributed by atoms with van der Waals surface area (Å²) in [5.41, 5.74) is 2.78. The fourth-order valence-corrected chi connectivity index (χ4v) is 5.09. The molecule has 1 aromatic carbocycles. The summed E-state index contributed by atoms with van der Waals surface area (Å²) in [5.74, 6) is 2.23. The Balaban J connectivity index is 0.00000202. The maximum atomic E-state index is 12.4. The summed E-state index contributed by atoms with van der Waals surface area (Å²) in [5, 5.41) is 19.5. The molecule has 0 bridgehead atoms. The summed E-state index contributed by atoms with van der Waals surface area (Å²) in [6.45, 7) is 3.51. The lowest BCUT2D eigenvalue weighted by molar-refractivity contribution is -0.118. The molecule has 2 aliphatic heterocycles. The fourth-order valence-electron chi connectivity index (χ4n) is 5.09. The number of aryl methyl sites for hydroxylation is 1. The zero-order valence-corrected chi connectivity index (χ0v) is 21.7. The summed E-state index contributed by atoms with van der Waals surface area (Å²) >= 11 is 0. The van der Waals surface area contributed by atoms with Crippen molar-refractivity contribution in [2.75, 3.05) is 36.5 Å². The second kappa shape index (κ2) is 10.8. The van der Waals surface area contributed by atoms with Crippen molar-refractivity contribution in [2.45, 2.75) is 38.9 Å². The Morgan fingerprint density at radius 3 is 3.02 bits per heavy atom. The number of amides is 2. The number of carbonyl (C=O) groups excluding carboxylic acids is 2. The number of fused-ring (bicyclic) bond motifs is 2. The van der Waals surface area contributed by atoms with E-state index in [1.165, 1.54) is 11.1 Å². The zero-order chi connectivity index (χ0) is 27.6. The Morgan fingerprint density at radius 1 is 1.30 bits per heavy atom. The molecule has 3 aliphatic rings. The molecule has 14 nitrogen and oxygen atoms in total. The molecule has 2 unspecified atom stereocenters. The number of hydrogen-bond acceptors (Lipinski definition) is 12. The van der Waals surface area contributed by atoms with Gasteiger partial charge in [0.05, 0.1) is 24.4 Å². The van der Waals surface area contributed by atoms with Gasteiger partial charge in [-0.3, -0.25) is 9.69 Å². The number of anilines is 2. The molecule has 210 valence electrons. The van der Waals surface area contributed by atoms with E-state index in [1.54, 1.807) is 13.0 Å². The standard InChI is InChI=1S/C26H26N8O6.2H2/c1-14-30-23(40-33-14)13-37-19-6-16-4-15(5-20(16)17(7-19)8-27)9-28-3-2-18-11-34(26(36)39-18)21-10-29-25-24(31-21)32-22(35)12-38-25;;/h6-7,10,15,18,28H,2-5,9,11-13H2,1H3,(H,31,32,35);2*1H. The molecule has 2 aromatic heterocycles. The molecule has 0 saturated carbocycles. The first kappa shape index (κ1) is 25.5. The van der Waals surface area contributed by atoms with Crippen LogP contribution in [0.3, 0.4) is 0 Å². The van der Waals surface area contributed by atoms with Crippen LogP contribution in [0.1, 0.15) is 37.7 Å². The molecular formula is C26H30N8O6. The van der Waals surface area contributed by atoms with Crippen molar-refractivity contribution < 1.29 is 31.2 Å². The molecule has 0 spiro atoms. The van der Waals surface area contributed by atoms with Crippen LogP contribution in [0.15, 0.2) is 22.9 Å². The topological polar surface area (TPSA) is 178 Å². The third kappa shape index (κ3) is 5.36. The van der Waals surface area contributed by atoms with Gasteiger partial charge in [0.25, 0.3) is 17.7 Å². The highest BCUT2D eigenvalue weighted by molar-refractivity contribution is 5.94. The van der Waals surface area contributed by atoms with E-state index in [0.717, 1.165) is 30.5 Å². The van der Waals surface area contributed by atoms with Gasteiger partial charge in [0, 0.05) is 2.85 Å². The van der Waals surface area contributed by atoms with Gasteiger partial charge in [-0.2, -0.15) is 10.2 Å². The molecule has 6 rings (SSSR count). The quantitative estimate of drug-likeness (QED) is 0.372. The molecule has 2 atom stereocenters. The second-order valence-electron chi connectivity index (χ2n) is 9.85. The number of nitrogens with zero attached hydrogens (tertiary/aromatic N) is 6. The predicted molar refractivity (Wildman–Crippen MR) is 141 cm³/mol. The number of hydrogen-bond donors (Lipinski definition) is 2. The summed E-state index contributed by atoms with van der Waals surface area (Å²) in [7, 11) is 0. The molecule has 0 radical (unpaired) electrons. The molecule has 14 heteroatoms. The average Bonchev–Trinajstić information content (AvgIpc) is 3.66. The van der Waals surface area contributed by atoms with Crippen LogP contribution in [0.4, 0.5) is 16.4 Å². The lowest BCUT2D eigenvalue weighted by Gasteiger charge is -2.18. The van der Waals surface area contributed by atoms with Crippen LogP contribution in [0.25, 0.3) is 0 Å². The van der Waals surface area contributed by atoms with Gasteiger partial charge in [-0.1, -0.05) is 5.16 Å². The SMILES string of the molecule is Cc1noc(COc2cc(C#N)c3c(c2)CC(CNCCC2CN(c4cnc5c(n4)NC(=O)CO5)C(=O)O2)C3)n1.[HH].[HH]. The Kier molecular flexibility index (Phi) is 6.87. The van der Waals surface area contributed by atoms with Gasteiger partial charge in [0.15, 0.2) is 30.7 Å². The number of nitrogens with one attached hydrogen (secondary N) is 2. The van der Waals surface area contributed by atoms with Gasteiger partial charge in [0.1, 0.15) is 11.9 Å². The van der Waals surface area contributed by atoms with E-state index in [2.05, 4.69) is 36.8 Å². The van der Waals surface area contributed by atoms with Crippen LogP contribution < -0.4 is 25.0 Å². The van der Waals surface area contributed by atoms with E-state index >= 15 is 0 Å². The minimum atomic E-state index is -0.509. The highest BCUT2D eigenvalue weighted by atomic mass is 16.6. The fraction of sp³-hybridized carbons (Fsp3) is 0.423. The highest BCUT2D eigenvalue weighted by Gasteiger charge is 2.34. The van der Waals surface area contributed by atoms with Gasteiger partial charge in [-0.25, -0.2) is 14.8 Å². The Labute approximate surface area is 231 Å². The summed E-state index contributed by atoms with van der Waals surface area (Å²) in [6.07, 6.45) is 2.86. The van der Waals surface area contributed by atoms with Gasteiger partial charge in [-0.05, 0) is 68.5 Å². The molecule has 1 saturated heterocycles. The van der Waals surface area contributed by atoms with Crippen LogP contribution in [0.5, 0.6) is 11.6 Å². The number of benzene rings is 1. The normalized spacial score (nSPS) is 19.4. The highest BCUT2D eigenvalue weighted by Crippen LogP contribution is 2.33. The van der Waals surface area contributed by atoms with Crippen LogP contribution in [0.2, 0.25) is 0 Å². The molecule has 2 amide bonds. The number of cyclic esters (lactones) is 1. The number of carbonyl (C=O) groups is 2. The summed E-state index contributed by atoms with van der Waals surface area (Å²) in [6, 6.07) is 6.03. The van der Waals surface area contributed by atoms with Crippen molar-refractivity contribution in [3.8, 4) is 17.7 Å². The largest absolute Gasteiger partial charge is 0.484 e. The molecule has 40 heavy (non-hydrogen) atoms. The van der Waals surface area contributed by atoms with E-state index in [4.69, 9.17) is 18.7 Å². The number of rotatable bonds is 9. The summed E-state index contributed by atoms with van der Waals surface area (Å²) in [4.78, 5) is 38.0. The van der Waals surface area contributed by atoms with E-state index in [0.29, 0.717) is 48.5 Å². The number of aromatic nitrogens is 4.